The van der Waals surface area contributed by atoms with Crippen molar-refractivity contribution in [2.75, 3.05) is 20.1 Å². The molecule has 2 aromatic rings. The number of benzene rings is 2. The van der Waals surface area contributed by atoms with E-state index in [0.717, 1.165) is 11.1 Å². The zero-order chi connectivity index (χ0) is 21.9. The number of hydrogen-bond acceptors (Lipinski definition) is 3. The molecule has 0 saturated carbocycles. The standard InChI is InChI=1S/C23H29ClN2O3S/c1-17(2)19-7-9-22(10-8-19)30(28,29)26-13-11-20(12-14-26)23(27)25(3)16-18-5-4-6-21(24)15-18/h4-10,15,17,20H,11-14,16H2,1-3H3. The van der Waals surface area contributed by atoms with Crippen LogP contribution < -0.4 is 0 Å². The molecule has 162 valence electrons. The summed E-state index contributed by atoms with van der Waals surface area (Å²) in [4.78, 5) is 14.9. The zero-order valence-electron chi connectivity index (χ0n) is 17.7. The van der Waals surface area contributed by atoms with E-state index < -0.39 is 10.0 Å². The second-order valence-corrected chi connectivity index (χ2v) is 10.6. The molecule has 0 aliphatic carbocycles. The molecule has 1 amide bonds. The number of rotatable bonds is 6. The van der Waals surface area contributed by atoms with Gasteiger partial charge in [-0.2, -0.15) is 4.31 Å². The van der Waals surface area contributed by atoms with E-state index >= 15 is 0 Å². The minimum Gasteiger partial charge on any atom is -0.341 e. The fourth-order valence-electron chi connectivity index (χ4n) is 3.82. The van der Waals surface area contributed by atoms with Gasteiger partial charge in [-0.05, 0) is 54.2 Å². The summed E-state index contributed by atoms with van der Waals surface area (Å²) in [6.45, 7) is 5.36. The lowest BCUT2D eigenvalue weighted by atomic mass is 9.96. The van der Waals surface area contributed by atoms with Gasteiger partial charge in [0.25, 0.3) is 0 Å². The van der Waals surface area contributed by atoms with Crippen LogP contribution in [0.2, 0.25) is 5.02 Å². The van der Waals surface area contributed by atoms with Gasteiger partial charge in [0.2, 0.25) is 15.9 Å². The number of halogens is 1. The molecule has 0 N–H and O–H groups in total. The van der Waals surface area contributed by atoms with E-state index in [1.165, 1.54) is 4.31 Å². The summed E-state index contributed by atoms with van der Waals surface area (Å²) in [6.07, 6.45) is 1.06. The highest BCUT2D eigenvalue weighted by Crippen LogP contribution is 2.26. The molecule has 3 rings (SSSR count). The van der Waals surface area contributed by atoms with Crippen molar-refractivity contribution in [1.82, 2.24) is 9.21 Å². The Hall–Kier alpha value is -1.89. The highest BCUT2D eigenvalue weighted by Gasteiger charge is 2.33. The van der Waals surface area contributed by atoms with Crippen LogP contribution in [-0.2, 0) is 21.4 Å². The summed E-state index contributed by atoms with van der Waals surface area (Å²) in [7, 11) is -1.75. The number of sulfonamides is 1. The fourth-order valence-corrected chi connectivity index (χ4v) is 5.50. The molecule has 0 atom stereocenters. The number of carbonyl (C=O) groups excluding carboxylic acids is 1. The molecule has 0 radical (unpaired) electrons. The molecule has 1 saturated heterocycles. The zero-order valence-corrected chi connectivity index (χ0v) is 19.3. The van der Waals surface area contributed by atoms with Gasteiger partial charge in [-0.25, -0.2) is 8.42 Å². The van der Waals surface area contributed by atoms with E-state index in [0.29, 0.717) is 48.3 Å². The van der Waals surface area contributed by atoms with Gasteiger partial charge in [0, 0.05) is 37.6 Å². The molecular formula is C23H29ClN2O3S. The van der Waals surface area contributed by atoms with Crippen molar-refractivity contribution in [3.05, 3.63) is 64.7 Å². The van der Waals surface area contributed by atoms with Crippen LogP contribution in [0, 0.1) is 5.92 Å². The summed E-state index contributed by atoms with van der Waals surface area (Å²) in [5.41, 5.74) is 2.09. The quantitative estimate of drug-likeness (QED) is 0.652. The lowest BCUT2D eigenvalue weighted by molar-refractivity contribution is -0.135. The van der Waals surface area contributed by atoms with Crippen molar-refractivity contribution in [1.29, 1.82) is 0 Å². The Kier molecular flexibility index (Phi) is 7.22. The third-order valence-corrected chi connectivity index (χ3v) is 7.82. The Bertz CT molecular complexity index is 982. The molecule has 5 nitrogen and oxygen atoms in total. The van der Waals surface area contributed by atoms with Crippen molar-refractivity contribution in [2.24, 2.45) is 5.92 Å². The Labute approximate surface area is 184 Å². The maximum absolute atomic E-state index is 13.0. The second-order valence-electron chi connectivity index (χ2n) is 8.23. The van der Waals surface area contributed by atoms with Crippen LogP contribution in [-0.4, -0.2) is 43.7 Å². The van der Waals surface area contributed by atoms with Crippen molar-refractivity contribution in [2.45, 2.75) is 44.0 Å². The molecule has 30 heavy (non-hydrogen) atoms. The first-order valence-electron chi connectivity index (χ1n) is 10.3. The first-order chi connectivity index (χ1) is 14.2. The molecule has 0 aromatic heterocycles. The number of nitrogens with zero attached hydrogens (tertiary/aromatic N) is 2. The fraction of sp³-hybridized carbons (Fsp3) is 0.435. The Morgan fingerprint density at radius 2 is 1.77 bits per heavy atom. The molecule has 1 heterocycles. The highest BCUT2D eigenvalue weighted by atomic mass is 35.5. The molecule has 0 spiro atoms. The average molecular weight is 449 g/mol. The predicted octanol–water partition coefficient (Wildman–Crippen LogP) is 4.52. The summed E-state index contributed by atoms with van der Waals surface area (Å²) >= 11 is 6.02. The molecule has 1 fully saturated rings. The molecule has 0 unspecified atom stereocenters. The van der Waals surface area contributed by atoms with Crippen LogP contribution in [0.5, 0.6) is 0 Å². The van der Waals surface area contributed by atoms with E-state index in [1.54, 1.807) is 30.1 Å². The van der Waals surface area contributed by atoms with Gasteiger partial charge in [0.05, 0.1) is 4.90 Å². The minimum absolute atomic E-state index is 0.0494. The third kappa shape index (κ3) is 5.23. The largest absolute Gasteiger partial charge is 0.341 e. The SMILES string of the molecule is CC(C)c1ccc(S(=O)(=O)N2CCC(C(=O)N(C)Cc3cccc(Cl)c3)CC2)cc1. The lowest BCUT2D eigenvalue weighted by Crippen LogP contribution is -2.43. The topological polar surface area (TPSA) is 57.7 Å². The van der Waals surface area contributed by atoms with E-state index in [1.807, 2.05) is 30.3 Å². The maximum atomic E-state index is 13.0. The van der Waals surface area contributed by atoms with Gasteiger partial charge in [0.15, 0.2) is 0 Å². The van der Waals surface area contributed by atoms with Crippen LogP contribution in [0.15, 0.2) is 53.4 Å². The van der Waals surface area contributed by atoms with E-state index in [4.69, 9.17) is 11.6 Å². The van der Waals surface area contributed by atoms with Crippen molar-refractivity contribution in [3.63, 3.8) is 0 Å². The smallest absolute Gasteiger partial charge is 0.243 e. The number of amides is 1. The number of carbonyl (C=O) groups is 1. The van der Waals surface area contributed by atoms with Crippen LogP contribution in [0.25, 0.3) is 0 Å². The normalized spacial score (nSPS) is 16.0. The van der Waals surface area contributed by atoms with Gasteiger partial charge < -0.3 is 4.90 Å². The van der Waals surface area contributed by atoms with Crippen molar-refractivity contribution in [3.8, 4) is 0 Å². The lowest BCUT2D eigenvalue weighted by Gasteiger charge is -2.32. The summed E-state index contributed by atoms with van der Waals surface area (Å²) < 4.78 is 27.4. The molecule has 2 aromatic carbocycles. The van der Waals surface area contributed by atoms with E-state index in [9.17, 15) is 13.2 Å². The summed E-state index contributed by atoms with van der Waals surface area (Å²) in [5, 5.41) is 0.647. The minimum atomic E-state index is -3.53. The first kappa shape index (κ1) is 22.8. The predicted molar refractivity (Wildman–Crippen MR) is 120 cm³/mol. The summed E-state index contributed by atoms with van der Waals surface area (Å²) in [6, 6.07) is 14.6. The Morgan fingerprint density at radius 3 is 2.33 bits per heavy atom. The number of hydrogen-bond donors (Lipinski definition) is 0. The monoisotopic (exact) mass is 448 g/mol. The Morgan fingerprint density at radius 1 is 1.13 bits per heavy atom. The highest BCUT2D eigenvalue weighted by molar-refractivity contribution is 7.89. The van der Waals surface area contributed by atoms with Crippen molar-refractivity contribution >= 4 is 27.5 Å². The molecule has 1 aliphatic rings. The van der Waals surface area contributed by atoms with Crippen LogP contribution in [0.4, 0.5) is 0 Å². The van der Waals surface area contributed by atoms with Crippen LogP contribution in [0.1, 0.15) is 43.7 Å². The second kappa shape index (κ2) is 9.50. The van der Waals surface area contributed by atoms with Gasteiger partial charge in [-0.1, -0.05) is 49.7 Å². The Balaban J connectivity index is 1.60. The van der Waals surface area contributed by atoms with Gasteiger partial charge in [-0.3, -0.25) is 4.79 Å². The number of piperidine rings is 1. The summed E-state index contributed by atoms with van der Waals surface area (Å²) in [5.74, 6) is 0.240. The van der Waals surface area contributed by atoms with Gasteiger partial charge in [-0.15, -0.1) is 0 Å². The molecule has 1 aliphatic heterocycles. The van der Waals surface area contributed by atoms with Crippen LogP contribution in [0.3, 0.4) is 0 Å². The van der Waals surface area contributed by atoms with Gasteiger partial charge in [0.1, 0.15) is 0 Å². The molecular weight excluding hydrogens is 420 g/mol. The maximum Gasteiger partial charge on any atom is 0.243 e. The molecule has 7 heteroatoms. The third-order valence-electron chi connectivity index (χ3n) is 5.67. The van der Waals surface area contributed by atoms with Crippen molar-refractivity contribution < 1.29 is 13.2 Å². The molecule has 0 bridgehead atoms. The van der Waals surface area contributed by atoms with Gasteiger partial charge >= 0.3 is 0 Å². The van der Waals surface area contributed by atoms with E-state index in [-0.39, 0.29) is 11.8 Å². The average Bonchev–Trinajstić information content (AvgIpc) is 2.73. The van der Waals surface area contributed by atoms with E-state index in [2.05, 4.69) is 13.8 Å². The first-order valence-corrected chi connectivity index (χ1v) is 12.1. The van der Waals surface area contributed by atoms with Crippen LogP contribution >= 0.6 is 11.6 Å².